The van der Waals surface area contributed by atoms with Crippen LogP contribution in [-0.2, 0) is 0 Å². The van der Waals surface area contributed by atoms with E-state index in [4.69, 9.17) is 5.73 Å². The average molecular weight is 235 g/mol. The molecule has 2 N–H and O–H groups in total. The van der Waals surface area contributed by atoms with Crippen LogP contribution in [0.5, 0.6) is 0 Å². The van der Waals surface area contributed by atoms with Crippen molar-refractivity contribution in [3.8, 4) is 10.6 Å². The maximum absolute atomic E-state index is 13.1. The highest BCUT2D eigenvalue weighted by molar-refractivity contribution is 7.19. The van der Waals surface area contributed by atoms with Crippen LogP contribution in [0.4, 0.5) is 10.1 Å². The lowest BCUT2D eigenvalue weighted by Crippen LogP contribution is -1.91. The maximum Gasteiger partial charge on any atom is 0.234 e. The first-order chi connectivity index (χ1) is 7.74. The van der Waals surface area contributed by atoms with Crippen LogP contribution in [0.1, 0.15) is 0 Å². The van der Waals surface area contributed by atoms with E-state index in [1.54, 1.807) is 0 Å². The molecule has 0 aliphatic heterocycles. The molecule has 16 heavy (non-hydrogen) atoms. The molecule has 5 nitrogen and oxygen atoms in total. The summed E-state index contributed by atoms with van der Waals surface area (Å²) in [5.41, 5.74) is 6.84. The normalized spacial score (nSPS) is 11.1. The molecule has 0 atom stereocenters. The molecule has 2 heterocycles. The summed E-state index contributed by atoms with van der Waals surface area (Å²) in [4.78, 5) is 0.652. The minimum Gasteiger partial charge on any atom is -0.398 e. The van der Waals surface area contributed by atoms with Crippen molar-refractivity contribution in [3.63, 3.8) is 0 Å². The van der Waals surface area contributed by atoms with Crippen LogP contribution in [0.2, 0.25) is 0 Å². The molecule has 0 fully saturated rings. The number of hydrogen-bond donors (Lipinski definition) is 1. The number of fused-ring (bicyclic) bond motifs is 1. The Morgan fingerprint density at radius 3 is 3.06 bits per heavy atom. The molecule has 0 unspecified atom stereocenters. The Hall–Kier alpha value is -2.02. The fourth-order valence-corrected chi connectivity index (χ4v) is 2.24. The van der Waals surface area contributed by atoms with Crippen LogP contribution >= 0.6 is 11.3 Å². The Morgan fingerprint density at radius 1 is 1.38 bits per heavy atom. The molecule has 7 heteroatoms. The van der Waals surface area contributed by atoms with Gasteiger partial charge in [-0.3, -0.25) is 0 Å². The third kappa shape index (κ3) is 1.33. The summed E-state index contributed by atoms with van der Waals surface area (Å²) in [6.45, 7) is 0. The van der Waals surface area contributed by atoms with Crippen molar-refractivity contribution in [1.82, 2.24) is 19.8 Å². The molecule has 0 aliphatic rings. The van der Waals surface area contributed by atoms with Gasteiger partial charge in [-0.15, -0.1) is 10.2 Å². The maximum atomic E-state index is 13.1. The van der Waals surface area contributed by atoms with Crippen molar-refractivity contribution >= 4 is 22.0 Å². The molecule has 0 saturated carbocycles. The predicted octanol–water partition coefficient (Wildman–Crippen LogP) is 1.57. The van der Waals surface area contributed by atoms with E-state index >= 15 is 0 Å². The van der Waals surface area contributed by atoms with Crippen molar-refractivity contribution in [2.75, 3.05) is 5.73 Å². The van der Waals surface area contributed by atoms with Gasteiger partial charge in [0.15, 0.2) is 0 Å². The first-order valence-electron chi connectivity index (χ1n) is 4.46. The van der Waals surface area contributed by atoms with E-state index in [0.717, 1.165) is 0 Å². The molecule has 0 amide bonds. The number of nitrogens with zero attached hydrogens (tertiary/aromatic N) is 4. The first-order valence-corrected chi connectivity index (χ1v) is 5.28. The fourth-order valence-electron chi connectivity index (χ4n) is 1.38. The second kappa shape index (κ2) is 3.24. The zero-order chi connectivity index (χ0) is 11.1. The van der Waals surface area contributed by atoms with E-state index in [-0.39, 0.29) is 5.82 Å². The minimum absolute atomic E-state index is 0.338. The summed E-state index contributed by atoms with van der Waals surface area (Å²) in [6, 6.07) is 4.20. The SMILES string of the molecule is Nc1ccc(F)cc1-c1nn2cnnc2s1. The third-order valence-corrected chi connectivity index (χ3v) is 3.08. The number of nitrogen functional groups attached to an aromatic ring is 1. The molecule has 1 aromatic carbocycles. The zero-order valence-corrected chi connectivity index (χ0v) is 8.78. The van der Waals surface area contributed by atoms with Gasteiger partial charge in [-0.1, -0.05) is 11.3 Å². The van der Waals surface area contributed by atoms with Gasteiger partial charge in [0.25, 0.3) is 0 Å². The monoisotopic (exact) mass is 235 g/mol. The van der Waals surface area contributed by atoms with Crippen molar-refractivity contribution in [2.24, 2.45) is 0 Å². The zero-order valence-electron chi connectivity index (χ0n) is 7.96. The highest BCUT2D eigenvalue weighted by Crippen LogP contribution is 2.29. The van der Waals surface area contributed by atoms with Gasteiger partial charge in [0, 0.05) is 11.3 Å². The molecule has 0 saturated heterocycles. The highest BCUT2D eigenvalue weighted by atomic mass is 32.1. The van der Waals surface area contributed by atoms with Crippen LogP contribution < -0.4 is 5.73 Å². The van der Waals surface area contributed by atoms with Crippen molar-refractivity contribution in [1.29, 1.82) is 0 Å². The van der Waals surface area contributed by atoms with Crippen LogP contribution in [0.15, 0.2) is 24.5 Å². The van der Waals surface area contributed by atoms with E-state index in [2.05, 4.69) is 15.3 Å². The number of aromatic nitrogens is 4. The van der Waals surface area contributed by atoms with Gasteiger partial charge in [0.2, 0.25) is 4.96 Å². The topological polar surface area (TPSA) is 69.1 Å². The summed E-state index contributed by atoms with van der Waals surface area (Å²) in [5, 5.41) is 12.4. The van der Waals surface area contributed by atoms with E-state index < -0.39 is 0 Å². The number of anilines is 1. The van der Waals surface area contributed by atoms with Crippen LogP contribution in [0.25, 0.3) is 15.5 Å². The number of nitrogens with two attached hydrogens (primary N) is 1. The second-order valence-electron chi connectivity index (χ2n) is 3.20. The third-order valence-electron chi connectivity index (χ3n) is 2.13. The summed E-state index contributed by atoms with van der Waals surface area (Å²) in [6.07, 6.45) is 1.49. The molecule has 0 bridgehead atoms. The Labute approximate surface area is 93.3 Å². The van der Waals surface area contributed by atoms with Gasteiger partial charge in [0.05, 0.1) is 0 Å². The average Bonchev–Trinajstić information content (AvgIpc) is 2.81. The lowest BCUT2D eigenvalue weighted by molar-refractivity contribution is 0.628. The van der Waals surface area contributed by atoms with Gasteiger partial charge in [-0.25, -0.2) is 4.39 Å². The van der Waals surface area contributed by atoms with Gasteiger partial charge in [-0.2, -0.15) is 9.61 Å². The van der Waals surface area contributed by atoms with Gasteiger partial charge in [-0.05, 0) is 18.2 Å². The minimum atomic E-state index is -0.338. The standard InChI is InChI=1S/C9H6FN5S/c10-5-1-2-7(11)6(3-5)8-14-15-4-12-13-9(15)16-8/h1-4H,11H2. The van der Waals surface area contributed by atoms with Gasteiger partial charge in [0.1, 0.15) is 17.2 Å². The number of halogens is 1. The lowest BCUT2D eigenvalue weighted by atomic mass is 10.2. The number of rotatable bonds is 1. The molecule has 0 spiro atoms. The number of benzene rings is 1. The predicted molar refractivity (Wildman–Crippen MR) is 58.5 cm³/mol. The van der Waals surface area contributed by atoms with Gasteiger partial charge < -0.3 is 5.73 Å². The first kappa shape index (κ1) is 9.22. The lowest BCUT2D eigenvalue weighted by Gasteiger charge is -2.00. The van der Waals surface area contributed by atoms with Crippen molar-refractivity contribution in [3.05, 3.63) is 30.3 Å². The van der Waals surface area contributed by atoms with E-state index in [0.29, 0.717) is 21.2 Å². The summed E-state index contributed by atoms with van der Waals surface area (Å²) in [5.74, 6) is -0.338. The molecule has 3 rings (SSSR count). The molecule has 0 aliphatic carbocycles. The smallest absolute Gasteiger partial charge is 0.234 e. The summed E-state index contributed by atoms with van der Waals surface area (Å²) < 4.78 is 14.6. The van der Waals surface area contributed by atoms with Crippen molar-refractivity contribution in [2.45, 2.75) is 0 Å². The highest BCUT2D eigenvalue weighted by Gasteiger charge is 2.11. The fraction of sp³-hybridized carbons (Fsp3) is 0. The van der Waals surface area contributed by atoms with Crippen LogP contribution in [0, 0.1) is 5.82 Å². The van der Waals surface area contributed by atoms with E-state index in [1.807, 2.05) is 0 Å². The Balaban J connectivity index is 2.22. The molecular weight excluding hydrogens is 229 g/mol. The summed E-state index contributed by atoms with van der Waals surface area (Å²) in [7, 11) is 0. The number of hydrogen-bond acceptors (Lipinski definition) is 5. The molecule has 80 valence electrons. The van der Waals surface area contributed by atoms with E-state index in [9.17, 15) is 4.39 Å². The second-order valence-corrected chi connectivity index (χ2v) is 4.15. The van der Waals surface area contributed by atoms with E-state index in [1.165, 1.54) is 40.4 Å². The Bertz CT molecular complexity index is 630. The molecule has 3 aromatic rings. The molecular formula is C9H6FN5S. The van der Waals surface area contributed by atoms with Crippen LogP contribution in [0.3, 0.4) is 0 Å². The van der Waals surface area contributed by atoms with Gasteiger partial charge >= 0.3 is 0 Å². The Morgan fingerprint density at radius 2 is 2.25 bits per heavy atom. The largest absolute Gasteiger partial charge is 0.398 e. The molecule has 0 radical (unpaired) electrons. The Kier molecular flexibility index (Phi) is 1.87. The van der Waals surface area contributed by atoms with Crippen molar-refractivity contribution < 1.29 is 4.39 Å². The molecule has 2 aromatic heterocycles. The van der Waals surface area contributed by atoms with Crippen LogP contribution in [-0.4, -0.2) is 19.8 Å². The quantitative estimate of drug-likeness (QED) is 0.650. The summed E-state index contributed by atoms with van der Waals surface area (Å²) >= 11 is 1.31.